The summed E-state index contributed by atoms with van der Waals surface area (Å²) < 4.78 is 71.9. The van der Waals surface area contributed by atoms with Crippen LogP contribution in [0.4, 0.5) is 10.5 Å². The van der Waals surface area contributed by atoms with Crippen LogP contribution in [0.25, 0.3) is 33.4 Å². The van der Waals surface area contributed by atoms with Gasteiger partial charge in [-0.2, -0.15) is 11.8 Å². The maximum Gasteiger partial charge on any atom is 0.315 e. The van der Waals surface area contributed by atoms with E-state index in [9.17, 15) is 26.4 Å². The molecule has 22 heteroatoms. The molecule has 0 saturated carbocycles. The van der Waals surface area contributed by atoms with Crippen molar-refractivity contribution in [2.75, 3.05) is 93.6 Å². The fraction of sp³-hybridized carbons (Fsp3) is 0.509. The van der Waals surface area contributed by atoms with E-state index >= 15 is 4.79 Å². The molecule has 2 fully saturated rings. The van der Waals surface area contributed by atoms with E-state index in [1.165, 1.54) is 4.90 Å². The van der Waals surface area contributed by atoms with Gasteiger partial charge in [-0.05, 0) is 70.4 Å². The number of amides is 4. The Morgan fingerprint density at radius 3 is 2.44 bits per heavy atom. The summed E-state index contributed by atoms with van der Waals surface area (Å²) in [4.78, 5) is 43.5. The summed E-state index contributed by atoms with van der Waals surface area (Å²) in [6.45, 7) is 15.3. The van der Waals surface area contributed by atoms with Crippen molar-refractivity contribution in [3.63, 3.8) is 0 Å². The van der Waals surface area contributed by atoms with Crippen molar-refractivity contribution in [2.24, 2.45) is 0 Å². The number of carbonyl (C=O) groups is 3. The molecular weight excluding hydrogens is 1020 g/mol. The molecule has 7 rings (SSSR count). The van der Waals surface area contributed by atoms with E-state index in [-0.39, 0.29) is 80.8 Å². The van der Waals surface area contributed by atoms with Crippen LogP contribution in [0.2, 0.25) is 0 Å². The van der Waals surface area contributed by atoms with E-state index < -0.39 is 25.6 Å². The number of rotatable bonds is 30. The minimum absolute atomic E-state index is 0.0430. The number of aromatic nitrogens is 3. The summed E-state index contributed by atoms with van der Waals surface area (Å²) in [5, 5.41) is 20.6. The van der Waals surface area contributed by atoms with Gasteiger partial charge in [0.05, 0.1) is 81.1 Å². The Balaban J connectivity index is 1.09. The first-order chi connectivity index (χ1) is 36.2. The number of urea groups is 1. The molecule has 3 atom stereocenters. The fourth-order valence-corrected chi connectivity index (χ4v) is 12.7. The lowest BCUT2D eigenvalue weighted by atomic mass is 9.90. The predicted octanol–water partition coefficient (Wildman–Crippen LogP) is 4.95. The predicted molar refractivity (Wildman–Crippen MR) is 294 cm³/mol. The number of nitrogens with one attached hydrogen (secondary N) is 3. The Bertz CT molecular complexity index is 3040. The fourth-order valence-electron chi connectivity index (χ4n) is 9.54. The number of unbranched alkanes of at least 4 members (excludes halogenated alkanes) is 1. The van der Waals surface area contributed by atoms with Crippen molar-refractivity contribution < 1.29 is 45.1 Å². The number of benzene rings is 3. The zero-order chi connectivity index (χ0) is 53.5. The number of hydrogen-bond donors (Lipinski definition) is 3. The highest BCUT2D eigenvalue weighted by molar-refractivity contribution is 8.00. The minimum Gasteiger partial charge on any atom is -0.456 e. The summed E-state index contributed by atoms with van der Waals surface area (Å²) in [5.74, 6) is 0.171. The van der Waals surface area contributed by atoms with Gasteiger partial charge >= 0.3 is 6.03 Å². The Morgan fingerprint density at radius 1 is 0.933 bits per heavy atom. The van der Waals surface area contributed by atoms with Crippen molar-refractivity contribution in [3.8, 4) is 22.5 Å². The molecule has 19 nitrogen and oxygen atoms in total. The molecule has 2 aromatic carbocycles. The van der Waals surface area contributed by atoms with Crippen LogP contribution in [0.15, 0.2) is 83.3 Å². The summed E-state index contributed by atoms with van der Waals surface area (Å²) in [5.41, 5.74) is 4.71. The van der Waals surface area contributed by atoms with Crippen LogP contribution in [0.5, 0.6) is 0 Å². The first kappa shape index (κ1) is 56.9. The van der Waals surface area contributed by atoms with Gasteiger partial charge in [0.15, 0.2) is 19.7 Å². The van der Waals surface area contributed by atoms with Crippen LogP contribution in [-0.4, -0.2) is 161 Å². The molecule has 3 aliphatic heterocycles. The molecule has 75 heavy (non-hydrogen) atoms. The number of nitrogens with zero attached hydrogens (tertiary/aromatic N) is 6. The smallest absolute Gasteiger partial charge is 0.315 e. The zero-order valence-electron chi connectivity index (χ0n) is 43.5. The standard InChI is InChI=1S/C53H71N9O10S3/c1-6-59(7-2)39-19-21-43-46(33-39)72-47-34-40(60(8-3)9-4)20-22-44(47)50(43)41-15-11-12-16-42(41)52(64)61(25-30-75(68,69)32-29-71-27-26-70-28-31-74(66,67)10-5)35-38-36-62(58-57-38)24-23-54-49(63)18-14-13-17-48-51-45(37-73-48)55-53(65)56-51/h10-12,15-16,19-22,33-34,36,45,48,51H,5-9,13-14,17-18,23-32,35,37H2,1-4H3,(H2-,54,55,56,63,65)/p+1/t45-,48-,51-/m0/s1. The van der Waals surface area contributed by atoms with E-state index in [4.69, 9.17) is 13.9 Å². The topological polar surface area (TPSA) is 227 Å². The number of anilines is 1. The molecule has 0 spiro atoms. The SMILES string of the molecule is C=CS(=O)(=O)CCOCCOCCS(=O)(=O)CCN(Cc1cn(CCNC(=O)CCCC[C@@H]2SC[C@@H]3NC(=O)N[C@@H]32)nn1)C(=O)c1ccccc1-c1c2ccc(=[N+](CC)CC)cc-2oc2cc(N(CC)CC)ccc12. The van der Waals surface area contributed by atoms with E-state index in [2.05, 4.69) is 82.1 Å². The normalized spacial score (nSPS) is 16.4. The van der Waals surface area contributed by atoms with Gasteiger partial charge in [0.2, 0.25) is 11.3 Å². The molecule has 4 heterocycles. The molecule has 1 aromatic heterocycles. The Labute approximate surface area is 444 Å². The lowest BCUT2D eigenvalue weighted by Gasteiger charge is -2.25. The van der Waals surface area contributed by atoms with Gasteiger partial charge < -0.3 is 39.6 Å². The van der Waals surface area contributed by atoms with Crippen molar-refractivity contribution in [1.29, 1.82) is 0 Å². The lowest BCUT2D eigenvalue weighted by molar-refractivity contribution is -0.121. The third kappa shape index (κ3) is 15.2. The van der Waals surface area contributed by atoms with Gasteiger partial charge in [0.1, 0.15) is 30.1 Å². The summed E-state index contributed by atoms with van der Waals surface area (Å²) >= 11 is 1.86. The average molecular weight is 1090 g/mol. The number of sulfone groups is 2. The Hall–Kier alpha value is -5.81. The number of carbonyl (C=O) groups excluding carboxylic acids is 3. The van der Waals surface area contributed by atoms with Crippen LogP contribution in [0, 0.1) is 0 Å². The van der Waals surface area contributed by atoms with Gasteiger partial charge in [-0.15, -0.1) is 5.10 Å². The second-order valence-electron chi connectivity index (χ2n) is 18.6. The zero-order valence-corrected chi connectivity index (χ0v) is 45.9. The van der Waals surface area contributed by atoms with Crippen molar-refractivity contribution in [3.05, 3.63) is 95.5 Å². The molecule has 4 amide bonds. The van der Waals surface area contributed by atoms with E-state index in [0.717, 1.165) is 84.2 Å². The molecule has 3 N–H and O–H groups in total. The molecule has 406 valence electrons. The first-order valence-corrected chi connectivity index (χ1v) is 30.5. The van der Waals surface area contributed by atoms with Crippen LogP contribution in [0.1, 0.15) is 69.4 Å². The summed E-state index contributed by atoms with van der Waals surface area (Å²) in [6, 6.07) is 19.8. The van der Waals surface area contributed by atoms with Gasteiger partial charge in [-0.25, -0.2) is 26.2 Å². The van der Waals surface area contributed by atoms with Gasteiger partial charge in [0.25, 0.3) is 5.91 Å². The van der Waals surface area contributed by atoms with Crippen LogP contribution < -0.4 is 30.8 Å². The largest absolute Gasteiger partial charge is 0.456 e. The van der Waals surface area contributed by atoms with Gasteiger partial charge in [0, 0.05) is 88.9 Å². The summed E-state index contributed by atoms with van der Waals surface area (Å²) in [7, 11) is -7.16. The third-order valence-corrected chi connectivity index (χ3v) is 18.0. The van der Waals surface area contributed by atoms with Crippen LogP contribution in [0.3, 0.4) is 0 Å². The van der Waals surface area contributed by atoms with Crippen molar-refractivity contribution in [1.82, 2.24) is 40.4 Å². The monoisotopic (exact) mass is 1090 g/mol. The average Bonchev–Trinajstić information content (AvgIpc) is 4.13. The highest BCUT2D eigenvalue weighted by Gasteiger charge is 2.42. The lowest BCUT2D eigenvalue weighted by Crippen LogP contribution is -2.36. The number of fused-ring (bicyclic) bond motifs is 3. The molecule has 2 saturated heterocycles. The molecule has 3 aromatic rings. The highest BCUT2D eigenvalue weighted by Crippen LogP contribution is 2.42. The van der Waals surface area contributed by atoms with Crippen LogP contribution >= 0.6 is 11.8 Å². The van der Waals surface area contributed by atoms with E-state index in [0.29, 0.717) is 52.9 Å². The van der Waals surface area contributed by atoms with Gasteiger partial charge in [-0.1, -0.05) is 36.4 Å². The molecular formula is C53H72N9O10S3+. The molecule has 0 radical (unpaired) electrons. The Morgan fingerprint density at radius 2 is 1.69 bits per heavy atom. The third-order valence-electron chi connectivity index (χ3n) is 13.7. The highest BCUT2D eigenvalue weighted by atomic mass is 32.2. The van der Waals surface area contributed by atoms with Crippen molar-refractivity contribution >= 4 is 65.9 Å². The molecule has 1 aliphatic carbocycles. The molecule has 0 unspecified atom stereocenters. The number of thioether (sulfide) groups is 1. The second-order valence-corrected chi connectivity index (χ2v) is 24.2. The number of hydrogen-bond acceptors (Lipinski definition) is 14. The van der Waals surface area contributed by atoms with Gasteiger partial charge in [-0.3, -0.25) is 14.3 Å². The number of ether oxygens (including phenoxy) is 2. The maximum absolute atomic E-state index is 15.2. The van der Waals surface area contributed by atoms with E-state index in [1.807, 2.05) is 48.2 Å². The first-order valence-electron chi connectivity index (χ1n) is 25.9. The van der Waals surface area contributed by atoms with Crippen molar-refractivity contribution in [2.45, 2.75) is 83.8 Å². The Kier molecular flexibility index (Phi) is 20.3. The quantitative estimate of drug-likeness (QED) is 0.0240. The second kappa shape index (κ2) is 26.8. The van der Waals surface area contributed by atoms with E-state index in [1.54, 1.807) is 23.0 Å². The van der Waals surface area contributed by atoms with Crippen LogP contribution in [-0.2, 0) is 47.0 Å². The molecule has 4 aliphatic rings. The summed E-state index contributed by atoms with van der Waals surface area (Å²) in [6.07, 6.45) is 4.60. The minimum atomic E-state index is -3.76. The molecule has 0 bridgehead atoms. The maximum atomic E-state index is 15.2.